The SMILES string of the molecule is O=[N+]([O-])c1ccc(S(=O)(=O)N2CCCC2CO)cc1F. The normalized spacial score (nSPS) is 20.2. The highest BCUT2D eigenvalue weighted by molar-refractivity contribution is 7.89. The second-order valence-corrected chi connectivity index (χ2v) is 6.36. The third kappa shape index (κ3) is 2.51. The summed E-state index contributed by atoms with van der Waals surface area (Å²) in [6.45, 7) is -0.0686. The summed E-state index contributed by atoms with van der Waals surface area (Å²) in [5.74, 6) is -1.20. The Kier molecular flexibility index (Phi) is 4.02. The van der Waals surface area contributed by atoms with E-state index >= 15 is 0 Å². The van der Waals surface area contributed by atoms with E-state index in [9.17, 15) is 22.9 Å². The van der Waals surface area contributed by atoms with Crippen LogP contribution in [0.25, 0.3) is 0 Å². The Hall–Kier alpha value is -1.58. The number of hydrogen-bond donors (Lipinski definition) is 1. The lowest BCUT2D eigenvalue weighted by Gasteiger charge is -2.22. The molecule has 1 saturated heterocycles. The molecule has 1 aliphatic heterocycles. The van der Waals surface area contributed by atoms with Gasteiger partial charge >= 0.3 is 5.69 Å². The van der Waals surface area contributed by atoms with Crippen LogP contribution >= 0.6 is 0 Å². The molecule has 0 amide bonds. The molecule has 1 aliphatic rings. The lowest BCUT2D eigenvalue weighted by Crippen LogP contribution is -2.37. The van der Waals surface area contributed by atoms with Crippen LogP contribution < -0.4 is 0 Å². The fourth-order valence-corrected chi connectivity index (χ4v) is 3.94. The Balaban J connectivity index is 2.40. The van der Waals surface area contributed by atoms with Gasteiger partial charge in [-0.3, -0.25) is 10.1 Å². The number of nitro groups is 1. The average Bonchev–Trinajstić information content (AvgIpc) is 2.87. The molecule has 1 aromatic carbocycles. The van der Waals surface area contributed by atoms with Crippen LogP contribution in [0.3, 0.4) is 0 Å². The molecule has 1 aromatic rings. The number of aliphatic hydroxyl groups is 1. The second kappa shape index (κ2) is 5.43. The van der Waals surface area contributed by atoms with Crippen LogP contribution in [0.15, 0.2) is 23.1 Å². The molecule has 20 heavy (non-hydrogen) atoms. The van der Waals surface area contributed by atoms with Gasteiger partial charge in [-0.05, 0) is 18.9 Å². The van der Waals surface area contributed by atoms with Gasteiger partial charge in [-0.2, -0.15) is 8.70 Å². The molecule has 1 atom stereocenters. The minimum absolute atomic E-state index is 0.242. The minimum atomic E-state index is -3.95. The molecule has 0 aliphatic carbocycles. The van der Waals surface area contributed by atoms with Crippen molar-refractivity contribution in [3.8, 4) is 0 Å². The number of aliphatic hydroxyl groups excluding tert-OH is 1. The van der Waals surface area contributed by atoms with Crippen LogP contribution in [0.5, 0.6) is 0 Å². The molecule has 0 bridgehead atoms. The van der Waals surface area contributed by atoms with E-state index < -0.39 is 32.5 Å². The van der Waals surface area contributed by atoms with E-state index in [1.54, 1.807) is 0 Å². The monoisotopic (exact) mass is 304 g/mol. The van der Waals surface area contributed by atoms with Crippen molar-refractivity contribution in [2.45, 2.75) is 23.8 Å². The zero-order valence-electron chi connectivity index (χ0n) is 10.4. The van der Waals surface area contributed by atoms with Crippen molar-refractivity contribution in [3.63, 3.8) is 0 Å². The largest absolute Gasteiger partial charge is 0.395 e. The number of sulfonamides is 1. The Labute approximate surface area is 114 Å². The Morgan fingerprint density at radius 3 is 2.75 bits per heavy atom. The molecule has 0 spiro atoms. The number of benzene rings is 1. The molecule has 1 heterocycles. The summed E-state index contributed by atoms with van der Waals surface area (Å²) in [6.07, 6.45) is 1.14. The van der Waals surface area contributed by atoms with E-state index in [1.165, 1.54) is 0 Å². The third-order valence-electron chi connectivity index (χ3n) is 3.26. The van der Waals surface area contributed by atoms with Crippen molar-refractivity contribution in [2.75, 3.05) is 13.2 Å². The van der Waals surface area contributed by atoms with Gasteiger partial charge in [-0.25, -0.2) is 8.42 Å². The van der Waals surface area contributed by atoms with E-state index in [2.05, 4.69) is 0 Å². The number of hydrogen-bond acceptors (Lipinski definition) is 5. The topological polar surface area (TPSA) is 101 Å². The maximum Gasteiger partial charge on any atom is 0.304 e. The number of halogens is 1. The Morgan fingerprint density at radius 2 is 2.20 bits per heavy atom. The molecule has 2 rings (SSSR count). The molecule has 7 nitrogen and oxygen atoms in total. The molecule has 9 heteroatoms. The predicted octanol–water partition coefficient (Wildman–Crippen LogP) is 0.879. The smallest absolute Gasteiger partial charge is 0.304 e. The molecule has 110 valence electrons. The summed E-state index contributed by atoms with van der Waals surface area (Å²) >= 11 is 0. The van der Waals surface area contributed by atoms with Crippen molar-refractivity contribution >= 4 is 15.7 Å². The van der Waals surface area contributed by atoms with Crippen LogP contribution in [-0.2, 0) is 10.0 Å². The molecule has 0 saturated carbocycles. The third-order valence-corrected chi connectivity index (χ3v) is 5.20. The highest BCUT2D eigenvalue weighted by atomic mass is 32.2. The lowest BCUT2D eigenvalue weighted by molar-refractivity contribution is -0.387. The summed E-state index contributed by atoms with van der Waals surface area (Å²) in [7, 11) is -3.95. The summed E-state index contributed by atoms with van der Waals surface area (Å²) in [5.41, 5.74) is -0.774. The maximum atomic E-state index is 13.5. The van der Waals surface area contributed by atoms with Gasteiger partial charge in [0, 0.05) is 24.7 Å². The van der Waals surface area contributed by atoms with Crippen LogP contribution in [0.4, 0.5) is 10.1 Å². The first-order valence-electron chi connectivity index (χ1n) is 5.94. The van der Waals surface area contributed by atoms with Gasteiger partial charge in [0.25, 0.3) is 0 Å². The van der Waals surface area contributed by atoms with Crippen molar-refractivity contribution in [1.82, 2.24) is 4.31 Å². The van der Waals surface area contributed by atoms with Crippen molar-refractivity contribution in [2.24, 2.45) is 0 Å². The zero-order chi connectivity index (χ0) is 14.9. The fourth-order valence-electron chi connectivity index (χ4n) is 2.24. The average molecular weight is 304 g/mol. The standard InChI is InChI=1S/C11H13FN2O5S/c12-10-6-9(3-4-11(10)14(16)17)20(18,19)13-5-1-2-8(13)7-15/h3-4,6,8,15H,1-2,5,7H2. The van der Waals surface area contributed by atoms with Crippen LogP contribution in [0, 0.1) is 15.9 Å². The van der Waals surface area contributed by atoms with Gasteiger partial charge in [-0.1, -0.05) is 0 Å². The van der Waals surface area contributed by atoms with Crippen molar-refractivity contribution in [1.29, 1.82) is 0 Å². The highest BCUT2D eigenvalue weighted by Gasteiger charge is 2.35. The van der Waals surface area contributed by atoms with E-state index in [1.807, 2.05) is 0 Å². The molecule has 1 unspecified atom stereocenters. The van der Waals surface area contributed by atoms with Gasteiger partial charge in [-0.15, -0.1) is 0 Å². The van der Waals surface area contributed by atoms with Gasteiger partial charge < -0.3 is 5.11 Å². The van der Waals surface area contributed by atoms with E-state index in [0.29, 0.717) is 18.9 Å². The van der Waals surface area contributed by atoms with Gasteiger partial charge in [0.2, 0.25) is 15.8 Å². The fraction of sp³-hybridized carbons (Fsp3) is 0.455. The van der Waals surface area contributed by atoms with Crippen LogP contribution in [-0.4, -0.2) is 41.9 Å². The van der Waals surface area contributed by atoms with Crippen LogP contribution in [0.2, 0.25) is 0 Å². The first-order chi connectivity index (χ1) is 9.37. The zero-order valence-corrected chi connectivity index (χ0v) is 11.2. The van der Waals surface area contributed by atoms with E-state index in [0.717, 1.165) is 16.4 Å². The Bertz CT molecular complexity index is 634. The number of nitrogens with zero attached hydrogens (tertiary/aromatic N) is 2. The number of rotatable bonds is 4. The summed E-state index contributed by atoms with van der Waals surface area (Å²) in [4.78, 5) is 9.25. The van der Waals surface area contributed by atoms with Crippen molar-refractivity contribution in [3.05, 3.63) is 34.1 Å². The van der Waals surface area contributed by atoms with E-state index in [-0.39, 0.29) is 18.0 Å². The molecule has 1 N–H and O–H groups in total. The number of nitro benzene ring substituents is 1. The van der Waals surface area contributed by atoms with Crippen molar-refractivity contribution < 1.29 is 22.8 Å². The van der Waals surface area contributed by atoms with Gasteiger partial charge in [0.05, 0.1) is 16.4 Å². The van der Waals surface area contributed by atoms with Crippen LogP contribution in [0.1, 0.15) is 12.8 Å². The summed E-state index contributed by atoms with van der Waals surface area (Å²) < 4.78 is 39.3. The second-order valence-electron chi connectivity index (χ2n) is 4.46. The summed E-state index contributed by atoms with van der Waals surface area (Å²) in [6, 6.07) is 1.94. The minimum Gasteiger partial charge on any atom is -0.395 e. The first-order valence-corrected chi connectivity index (χ1v) is 7.38. The molecule has 0 radical (unpaired) electrons. The van der Waals surface area contributed by atoms with E-state index in [4.69, 9.17) is 5.11 Å². The quantitative estimate of drug-likeness (QED) is 0.657. The summed E-state index contributed by atoms with van der Waals surface area (Å²) in [5, 5.41) is 19.7. The molecular formula is C11H13FN2O5S. The molecule has 0 aromatic heterocycles. The van der Waals surface area contributed by atoms with Gasteiger partial charge in [0.15, 0.2) is 0 Å². The molecular weight excluding hydrogens is 291 g/mol. The highest BCUT2D eigenvalue weighted by Crippen LogP contribution is 2.28. The first kappa shape index (κ1) is 14.8. The predicted molar refractivity (Wildman–Crippen MR) is 67.1 cm³/mol. The molecule has 1 fully saturated rings. The Morgan fingerprint density at radius 1 is 1.50 bits per heavy atom. The maximum absolute atomic E-state index is 13.5. The van der Waals surface area contributed by atoms with Gasteiger partial charge in [0.1, 0.15) is 0 Å². The lowest BCUT2D eigenvalue weighted by atomic mass is 10.2.